The van der Waals surface area contributed by atoms with Gasteiger partial charge in [-0.15, -0.1) is 0 Å². The molecule has 4 aromatic carbocycles. The second-order valence-electron chi connectivity index (χ2n) is 11.0. The Morgan fingerprint density at radius 1 is 0.915 bits per heavy atom. The van der Waals surface area contributed by atoms with Crippen LogP contribution in [0.1, 0.15) is 31.9 Å². The van der Waals surface area contributed by atoms with Gasteiger partial charge >= 0.3 is 0 Å². The van der Waals surface area contributed by atoms with Crippen LogP contribution in [0.5, 0.6) is 5.75 Å². The molecular weight excluding hydrogens is 664 g/mol. The van der Waals surface area contributed by atoms with E-state index >= 15 is 0 Å². The molecule has 1 atom stereocenters. The van der Waals surface area contributed by atoms with Gasteiger partial charge in [0.1, 0.15) is 24.2 Å². The molecule has 0 aliphatic heterocycles. The number of hydrogen-bond acceptors (Lipinski definition) is 5. The maximum Gasteiger partial charge on any atom is 0.264 e. The number of rotatable bonds is 14. The second kappa shape index (κ2) is 16.1. The molecule has 8 nitrogen and oxygen atoms in total. The molecule has 0 heterocycles. The molecule has 0 bridgehead atoms. The summed E-state index contributed by atoms with van der Waals surface area (Å²) in [5.74, 6) is -1.22. The summed E-state index contributed by atoms with van der Waals surface area (Å²) in [4.78, 5) is 29.5. The van der Waals surface area contributed by atoms with Crippen LogP contribution in [0.2, 0.25) is 10.0 Å². The van der Waals surface area contributed by atoms with Crippen LogP contribution in [0, 0.1) is 5.82 Å². The zero-order valence-corrected chi connectivity index (χ0v) is 28.5. The van der Waals surface area contributed by atoms with Gasteiger partial charge in [0.25, 0.3) is 10.0 Å². The lowest BCUT2D eigenvalue weighted by Crippen LogP contribution is -2.54. The van der Waals surface area contributed by atoms with Crippen molar-refractivity contribution in [3.63, 3.8) is 0 Å². The largest absolute Gasteiger partial charge is 0.494 e. The Balaban J connectivity index is 1.81. The summed E-state index contributed by atoms with van der Waals surface area (Å²) >= 11 is 12.7. The van der Waals surface area contributed by atoms with Crippen LogP contribution in [0.25, 0.3) is 0 Å². The Morgan fingerprint density at radius 3 is 2.17 bits per heavy atom. The quantitative estimate of drug-likeness (QED) is 0.155. The number of carbonyl (C=O) groups excluding carboxylic acids is 2. The van der Waals surface area contributed by atoms with Crippen molar-refractivity contribution in [2.75, 3.05) is 17.5 Å². The first-order valence-electron chi connectivity index (χ1n) is 15.0. The fourth-order valence-corrected chi connectivity index (χ4v) is 6.79. The molecule has 1 unspecified atom stereocenters. The minimum atomic E-state index is -4.37. The van der Waals surface area contributed by atoms with E-state index in [0.717, 1.165) is 22.0 Å². The van der Waals surface area contributed by atoms with Crippen LogP contribution < -0.4 is 14.4 Å². The molecular formula is C35H36Cl2FN3O5S. The Bertz CT molecular complexity index is 1770. The van der Waals surface area contributed by atoms with Crippen LogP contribution in [0.15, 0.2) is 102 Å². The van der Waals surface area contributed by atoms with E-state index in [-0.39, 0.29) is 34.6 Å². The van der Waals surface area contributed by atoms with Gasteiger partial charge in [-0.2, -0.15) is 0 Å². The lowest BCUT2D eigenvalue weighted by Gasteiger charge is -2.34. The standard InChI is InChI=1S/C35H36Cl2FN3O5S/c1-4-46-30-16-18-31(19-17-30)47(44,45)41(29-14-12-28(38)13-15-29)23-34(42)40(22-26-10-11-27(36)21-32(26)37)33(35(43)39-24(2)3)20-25-8-6-5-7-9-25/h5-19,21,24,33H,4,20,22-23H2,1-3H3,(H,39,43). The lowest BCUT2D eigenvalue weighted by atomic mass is 10.0. The monoisotopic (exact) mass is 699 g/mol. The van der Waals surface area contributed by atoms with E-state index in [9.17, 15) is 22.4 Å². The van der Waals surface area contributed by atoms with Crippen molar-refractivity contribution < 1.29 is 27.1 Å². The van der Waals surface area contributed by atoms with Crippen molar-refractivity contribution in [1.82, 2.24) is 10.2 Å². The van der Waals surface area contributed by atoms with Gasteiger partial charge in [0.15, 0.2) is 0 Å². The van der Waals surface area contributed by atoms with Crippen LogP contribution in [-0.2, 0) is 32.6 Å². The van der Waals surface area contributed by atoms with Gasteiger partial charge < -0.3 is 15.0 Å². The number of amides is 2. The Labute approximate surface area is 285 Å². The average Bonchev–Trinajstić information content (AvgIpc) is 3.03. The molecule has 1 N–H and O–H groups in total. The molecule has 47 heavy (non-hydrogen) atoms. The first kappa shape index (κ1) is 35.7. The van der Waals surface area contributed by atoms with Gasteiger partial charge in [-0.1, -0.05) is 59.6 Å². The molecule has 0 saturated heterocycles. The zero-order valence-electron chi connectivity index (χ0n) is 26.2. The van der Waals surface area contributed by atoms with E-state index in [0.29, 0.717) is 22.9 Å². The Morgan fingerprint density at radius 2 is 1.57 bits per heavy atom. The van der Waals surface area contributed by atoms with E-state index in [2.05, 4.69) is 5.32 Å². The highest BCUT2D eigenvalue weighted by Crippen LogP contribution is 2.28. The van der Waals surface area contributed by atoms with Gasteiger partial charge in [-0.3, -0.25) is 13.9 Å². The maximum absolute atomic E-state index is 14.5. The number of ether oxygens (including phenoxy) is 1. The SMILES string of the molecule is CCOc1ccc(S(=O)(=O)N(CC(=O)N(Cc2ccc(Cl)cc2Cl)C(Cc2ccccc2)C(=O)NC(C)C)c2ccc(F)cc2)cc1. The van der Waals surface area contributed by atoms with E-state index in [1.54, 1.807) is 26.0 Å². The summed E-state index contributed by atoms with van der Waals surface area (Å²) in [5.41, 5.74) is 1.35. The van der Waals surface area contributed by atoms with Gasteiger partial charge in [0, 0.05) is 29.1 Å². The number of hydrogen-bond donors (Lipinski definition) is 1. The summed E-state index contributed by atoms with van der Waals surface area (Å²) < 4.78 is 48.6. The molecule has 4 aromatic rings. The summed E-state index contributed by atoms with van der Waals surface area (Å²) in [6, 6.07) is 23.3. The molecule has 248 valence electrons. The van der Waals surface area contributed by atoms with Crippen molar-refractivity contribution in [3.8, 4) is 5.75 Å². The fourth-order valence-electron chi connectivity index (χ4n) is 4.91. The van der Waals surface area contributed by atoms with Crippen molar-refractivity contribution in [2.45, 2.75) is 50.7 Å². The molecule has 4 rings (SSSR count). The number of nitrogens with zero attached hydrogens (tertiary/aromatic N) is 2. The third-order valence-electron chi connectivity index (χ3n) is 7.17. The molecule has 2 amide bonds. The fraction of sp³-hybridized carbons (Fsp3) is 0.257. The molecule has 0 aliphatic rings. The number of halogens is 3. The van der Waals surface area contributed by atoms with Crippen LogP contribution in [0.4, 0.5) is 10.1 Å². The predicted molar refractivity (Wildman–Crippen MR) is 183 cm³/mol. The topological polar surface area (TPSA) is 96.0 Å². The molecule has 12 heteroatoms. The van der Waals surface area contributed by atoms with Crippen molar-refractivity contribution in [3.05, 3.63) is 124 Å². The normalized spacial score (nSPS) is 12.0. The van der Waals surface area contributed by atoms with Gasteiger partial charge in [0.2, 0.25) is 11.8 Å². The first-order chi connectivity index (χ1) is 22.4. The Hall–Kier alpha value is -4.12. The minimum absolute atomic E-state index is 0.0596. The zero-order chi connectivity index (χ0) is 34.1. The number of carbonyl (C=O) groups is 2. The third kappa shape index (κ3) is 9.47. The highest BCUT2D eigenvalue weighted by molar-refractivity contribution is 7.92. The summed E-state index contributed by atoms with van der Waals surface area (Å²) in [5, 5.41) is 3.56. The number of sulfonamides is 1. The van der Waals surface area contributed by atoms with Crippen molar-refractivity contribution in [1.29, 1.82) is 0 Å². The molecule has 0 aromatic heterocycles. The van der Waals surface area contributed by atoms with Gasteiger partial charge in [-0.05, 0) is 92.6 Å². The highest BCUT2D eigenvalue weighted by atomic mass is 35.5. The van der Waals surface area contributed by atoms with Crippen LogP contribution in [-0.4, -0.2) is 50.4 Å². The maximum atomic E-state index is 14.5. The van der Waals surface area contributed by atoms with Crippen LogP contribution in [0.3, 0.4) is 0 Å². The number of nitrogens with one attached hydrogen (secondary N) is 1. The molecule has 0 saturated carbocycles. The third-order valence-corrected chi connectivity index (χ3v) is 9.55. The average molecular weight is 701 g/mol. The highest BCUT2D eigenvalue weighted by Gasteiger charge is 2.35. The van der Waals surface area contributed by atoms with E-state index < -0.39 is 40.2 Å². The second-order valence-corrected chi connectivity index (χ2v) is 13.7. The van der Waals surface area contributed by atoms with Gasteiger partial charge in [0.05, 0.1) is 17.2 Å². The van der Waals surface area contributed by atoms with E-state index in [1.807, 2.05) is 37.3 Å². The predicted octanol–water partition coefficient (Wildman–Crippen LogP) is 6.89. The summed E-state index contributed by atoms with van der Waals surface area (Å²) in [7, 11) is -4.37. The molecule has 0 radical (unpaired) electrons. The molecule has 0 fully saturated rings. The summed E-state index contributed by atoms with van der Waals surface area (Å²) in [6.07, 6.45) is 0.137. The van der Waals surface area contributed by atoms with E-state index in [1.165, 1.54) is 47.4 Å². The molecule has 0 spiro atoms. The minimum Gasteiger partial charge on any atom is -0.494 e. The van der Waals surface area contributed by atoms with Gasteiger partial charge in [-0.25, -0.2) is 12.8 Å². The number of anilines is 1. The van der Waals surface area contributed by atoms with E-state index in [4.69, 9.17) is 27.9 Å². The van der Waals surface area contributed by atoms with Crippen molar-refractivity contribution >= 4 is 50.7 Å². The Kier molecular flexibility index (Phi) is 12.3. The van der Waals surface area contributed by atoms with Crippen LogP contribution >= 0.6 is 23.2 Å². The molecule has 0 aliphatic carbocycles. The summed E-state index contributed by atoms with van der Waals surface area (Å²) in [6.45, 7) is 4.98. The van der Waals surface area contributed by atoms with Crippen molar-refractivity contribution in [2.24, 2.45) is 0 Å². The smallest absolute Gasteiger partial charge is 0.264 e. The first-order valence-corrected chi connectivity index (χ1v) is 17.2. The lowest BCUT2D eigenvalue weighted by molar-refractivity contribution is -0.140. The number of benzene rings is 4.